The number of unbranched alkanes of at least 4 members (excludes halogenated alkanes) is 15. The van der Waals surface area contributed by atoms with Crippen LogP contribution in [0.25, 0.3) is 0 Å². The van der Waals surface area contributed by atoms with Gasteiger partial charge in [-0.25, -0.2) is 0 Å². The summed E-state index contributed by atoms with van der Waals surface area (Å²) in [5.41, 5.74) is 0. The summed E-state index contributed by atoms with van der Waals surface area (Å²) in [5, 5.41) is 11.8. The maximum Gasteiger partial charge on any atom is 0.306 e. The minimum atomic E-state index is -1.64. The zero-order valence-corrected chi connectivity index (χ0v) is 51.8. The van der Waals surface area contributed by atoms with Gasteiger partial charge in [0.15, 0.2) is 12.4 Å². The van der Waals surface area contributed by atoms with Gasteiger partial charge < -0.3 is 33.3 Å². The van der Waals surface area contributed by atoms with Gasteiger partial charge in [0.05, 0.1) is 40.3 Å². The van der Waals surface area contributed by atoms with E-state index < -0.39 is 24.3 Å². The number of carboxylic acid groups (broad SMARTS) is 1. The molecule has 0 heterocycles. The van der Waals surface area contributed by atoms with Crippen LogP contribution in [0.5, 0.6) is 0 Å². The third-order valence-corrected chi connectivity index (χ3v) is 12.8. The molecule has 456 valence electrons. The molecule has 0 radical (unpaired) electrons. The number of aliphatic carboxylic acids is 1. The summed E-state index contributed by atoms with van der Waals surface area (Å²) in [6, 6.07) is 0. The lowest BCUT2D eigenvalue weighted by atomic mass is 10.1. The third kappa shape index (κ3) is 62.4. The van der Waals surface area contributed by atoms with Gasteiger partial charge in [-0.3, -0.25) is 9.59 Å². The molecule has 81 heavy (non-hydrogen) atoms. The van der Waals surface area contributed by atoms with Crippen LogP contribution in [0, 0.1) is 0 Å². The minimum Gasteiger partial charge on any atom is -0.545 e. The Balaban J connectivity index is 4.30. The van der Waals surface area contributed by atoms with E-state index in [0.29, 0.717) is 17.4 Å². The van der Waals surface area contributed by atoms with Crippen LogP contribution in [0.2, 0.25) is 0 Å². The number of carboxylic acids is 1. The maximum absolute atomic E-state index is 12.9. The summed E-state index contributed by atoms with van der Waals surface area (Å²) in [5.74, 6) is -2.33. The van der Waals surface area contributed by atoms with Crippen LogP contribution in [-0.2, 0) is 33.3 Å². The number of carbonyl (C=O) groups is 3. The molecule has 0 bridgehead atoms. The van der Waals surface area contributed by atoms with Gasteiger partial charge in [-0.15, -0.1) is 0 Å². The first kappa shape index (κ1) is 75.9. The molecule has 0 saturated carbocycles. The predicted octanol–water partition coefficient (Wildman–Crippen LogP) is 18.0. The summed E-state index contributed by atoms with van der Waals surface area (Å²) >= 11 is 0. The average Bonchev–Trinajstić information content (AvgIpc) is 3.44. The van der Waals surface area contributed by atoms with Gasteiger partial charge in [-0.2, -0.15) is 0 Å². The number of allylic oxidation sites excluding steroid dienone is 26. The van der Waals surface area contributed by atoms with E-state index in [-0.39, 0.29) is 38.6 Å². The largest absolute Gasteiger partial charge is 0.545 e. The summed E-state index contributed by atoms with van der Waals surface area (Å²) in [6.45, 7) is 4.47. The summed E-state index contributed by atoms with van der Waals surface area (Å²) in [6.07, 6.45) is 87.2. The summed E-state index contributed by atoms with van der Waals surface area (Å²) in [4.78, 5) is 37.4. The fraction of sp³-hybridized carbons (Fsp3) is 0.597. The van der Waals surface area contributed by atoms with E-state index in [2.05, 4.69) is 172 Å². The normalized spacial score (nSPS) is 13.8. The van der Waals surface area contributed by atoms with E-state index in [0.717, 1.165) is 148 Å². The Morgan fingerprint density at radius 2 is 0.667 bits per heavy atom. The van der Waals surface area contributed by atoms with Crippen molar-refractivity contribution in [2.75, 3.05) is 47.5 Å². The number of carbonyl (C=O) groups excluding carboxylic acids is 3. The zero-order chi connectivity index (χ0) is 59.1. The molecular formula is C72H115NO8. The molecule has 2 unspecified atom stereocenters. The highest BCUT2D eigenvalue weighted by Gasteiger charge is 2.22. The summed E-state index contributed by atoms with van der Waals surface area (Å²) in [7, 11) is 5.90. The molecule has 0 saturated heterocycles. The Morgan fingerprint density at radius 3 is 0.988 bits per heavy atom. The molecule has 0 aliphatic carbocycles. The maximum atomic E-state index is 12.9. The highest BCUT2D eigenvalue weighted by atomic mass is 16.7. The topological polar surface area (TPSA) is 111 Å². The van der Waals surface area contributed by atoms with Gasteiger partial charge in [0.25, 0.3) is 0 Å². The lowest BCUT2D eigenvalue weighted by Crippen LogP contribution is -2.44. The molecule has 0 aliphatic rings. The van der Waals surface area contributed by atoms with E-state index >= 15 is 0 Å². The molecule has 0 aromatic rings. The van der Waals surface area contributed by atoms with Crippen LogP contribution in [0.15, 0.2) is 158 Å². The molecular weight excluding hydrogens is 1010 g/mol. The van der Waals surface area contributed by atoms with Crippen molar-refractivity contribution in [3.8, 4) is 0 Å². The molecule has 9 heteroatoms. The molecule has 0 aromatic carbocycles. The molecule has 2 atom stereocenters. The van der Waals surface area contributed by atoms with Crippen molar-refractivity contribution in [3.63, 3.8) is 0 Å². The second-order valence-electron chi connectivity index (χ2n) is 21.6. The Kier molecular flexibility index (Phi) is 57.2. The minimum absolute atomic E-state index is 0.133. The first-order chi connectivity index (χ1) is 39.6. The van der Waals surface area contributed by atoms with Crippen molar-refractivity contribution in [3.05, 3.63) is 158 Å². The molecule has 0 rings (SSSR count). The highest BCUT2D eigenvalue weighted by Crippen LogP contribution is 2.14. The lowest BCUT2D eigenvalue weighted by molar-refractivity contribution is -0.870. The van der Waals surface area contributed by atoms with Crippen molar-refractivity contribution >= 4 is 17.9 Å². The second kappa shape index (κ2) is 61.0. The Morgan fingerprint density at radius 1 is 0.370 bits per heavy atom. The number of likely N-dealkylation sites (N-methyl/N-ethyl adjacent to an activating group) is 1. The van der Waals surface area contributed by atoms with Crippen molar-refractivity contribution in [1.82, 2.24) is 0 Å². The van der Waals surface area contributed by atoms with Gasteiger partial charge in [0.1, 0.15) is 13.2 Å². The molecule has 9 nitrogen and oxygen atoms in total. The number of rotatable bonds is 56. The number of esters is 2. The highest BCUT2D eigenvalue weighted by molar-refractivity contribution is 5.70. The monoisotopic (exact) mass is 1120 g/mol. The standard InChI is InChI=1S/C72H115NO8/c1-6-8-10-12-14-16-18-20-22-24-26-28-30-32-34-35-37-38-40-42-44-46-48-50-52-54-56-58-60-62-69(74)79-66-68(67-80-72(71(76)77)78-65-64-73(3,4)5)81-70(75)63-61-59-57-55-53-51-49-47-45-43-41-39-36-33-31-29-27-25-23-21-19-17-15-13-11-9-7-2/h8-11,14-17,20-23,26-29,32-34,36-38,41,43,47,49,68,72H,6-7,12-13,18-19,24-25,30-31,35,39-40,42,44-46,48,50-67H2,1-5H3/b10-8-,11-9-,16-14-,17-15-,22-20-,23-21-,28-26-,29-27-,34-32-,36-33-,38-37-,43-41-,49-47-. The van der Waals surface area contributed by atoms with Gasteiger partial charge in [0.2, 0.25) is 0 Å². The average molecular weight is 1120 g/mol. The number of ether oxygens (including phenoxy) is 4. The van der Waals surface area contributed by atoms with Crippen LogP contribution in [0.4, 0.5) is 0 Å². The van der Waals surface area contributed by atoms with Crippen molar-refractivity contribution in [2.24, 2.45) is 0 Å². The van der Waals surface area contributed by atoms with Gasteiger partial charge in [-0.05, 0) is 122 Å². The smallest absolute Gasteiger partial charge is 0.306 e. The van der Waals surface area contributed by atoms with E-state index in [9.17, 15) is 19.5 Å². The molecule has 0 N–H and O–H groups in total. The van der Waals surface area contributed by atoms with Crippen LogP contribution in [0.1, 0.15) is 219 Å². The molecule has 0 fully saturated rings. The Labute approximate surface area is 495 Å². The SMILES string of the molecule is CC/C=C\C/C=C\C/C=C\C/C=C\C/C=C\C/C=C\C/C=C\CCCCCCCC(=O)OC(COC(=O)CCCCCCCCCCCC/C=C\C/C=C\C/C=C\C/C=C\C/C=C\C/C=C\CC)COC(OCC[N+](C)(C)C)C(=O)[O-]. The van der Waals surface area contributed by atoms with Crippen LogP contribution in [-0.4, -0.2) is 82.3 Å². The fourth-order valence-corrected chi connectivity index (χ4v) is 7.99. The summed E-state index contributed by atoms with van der Waals surface area (Å²) < 4.78 is 22.7. The quantitative estimate of drug-likeness (QED) is 0.0195. The number of quaternary nitrogens is 1. The van der Waals surface area contributed by atoms with Gasteiger partial charge in [0, 0.05) is 12.8 Å². The van der Waals surface area contributed by atoms with Gasteiger partial charge >= 0.3 is 11.9 Å². The van der Waals surface area contributed by atoms with Gasteiger partial charge in [-0.1, -0.05) is 242 Å². The zero-order valence-electron chi connectivity index (χ0n) is 51.8. The van der Waals surface area contributed by atoms with Crippen LogP contribution < -0.4 is 5.11 Å². The van der Waals surface area contributed by atoms with Crippen molar-refractivity contribution < 1.29 is 42.9 Å². The van der Waals surface area contributed by atoms with Crippen LogP contribution in [0.3, 0.4) is 0 Å². The first-order valence-corrected chi connectivity index (χ1v) is 31.6. The third-order valence-electron chi connectivity index (χ3n) is 12.8. The molecule has 0 amide bonds. The molecule has 0 aliphatic heterocycles. The van der Waals surface area contributed by atoms with E-state index in [1.165, 1.54) is 38.5 Å². The van der Waals surface area contributed by atoms with E-state index in [4.69, 9.17) is 18.9 Å². The van der Waals surface area contributed by atoms with E-state index in [1.807, 2.05) is 21.1 Å². The number of nitrogens with zero attached hydrogens (tertiary/aromatic N) is 1. The number of hydrogen-bond donors (Lipinski definition) is 0. The lowest BCUT2D eigenvalue weighted by Gasteiger charge is -2.26. The van der Waals surface area contributed by atoms with Crippen molar-refractivity contribution in [2.45, 2.75) is 232 Å². The number of hydrogen-bond acceptors (Lipinski definition) is 8. The Bertz CT molecular complexity index is 1880. The first-order valence-electron chi connectivity index (χ1n) is 31.6. The Hall–Kier alpha value is -5.09. The van der Waals surface area contributed by atoms with Crippen LogP contribution >= 0.6 is 0 Å². The molecule has 0 spiro atoms. The second-order valence-corrected chi connectivity index (χ2v) is 21.6. The predicted molar refractivity (Wildman–Crippen MR) is 342 cm³/mol. The van der Waals surface area contributed by atoms with Crippen molar-refractivity contribution in [1.29, 1.82) is 0 Å². The molecule has 0 aromatic heterocycles. The fourth-order valence-electron chi connectivity index (χ4n) is 7.99. The van der Waals surface area contributed by atoms with E-state index in [1.54, 1.807) is 0 Å².